The molecular weight excluding hydrogens is 352 g/mol. The van der Waals surface area contributed by atoms with Crippen LogP contribution in [0, 0.1) is 0 Å². The molecule has 3 aromatic rings. The summed E-state index contributed by atoms with van der Waals surface area (Å²) < 4.78 is 12.8. The van der Waals surface area contributed by atoms with Crippen molar-refractivity contribution in [1.82, 2.24) is 20.2 Å². The first kappa shape index (κ1) is 17.1. The predicted octanol–water partition coefficient (Wildman–Crippen LogP) is 4.00. The van der Waals surface area contributed by atoms with E-state index in [0.29, 0.717) is 24.0 Å². The number of tetrazole rings is 1. The number of rotatable bonds is 6. The molecule has 4 rings (SSSR count). The zero-order valence-corrected chi connectivity index (χ0v) is 15.4. The van der Waals surface area contributed by atoms with Crippen molar-refractivity contribution in [3.05, 3.63) is 35.6 Å². The van der Waals surface area contributed by atoms with E-state index in [2.05, 4.69) is 15.5 Å². The van der Waals surface area contributed by atoms with Crippen molar-refractivity contribution in [2.24, 2.45) is 0 Å². The van der Waals surface area contributed by atoms with Crippen molar-refractivity contribution < 1.29 is 13.9 Å². The largest absolute Gasteiger partial charge is 0.460 e. The smallest absolute Gasteiger partial charge is 0.374 e. The Morgan fingerprint density at radius 2 is 2.15 bits per heavy atom. The number of thioether (sulfide) groups is 1. The summed E-state index contributed by atoms with van der Waals surface area (Å²) in [6.07, 6.45) is 4.66. The van der Waals surface area contributed by atoms with Crippen LogP contribution in [0.3, 0.4) is 0 Å². The minimum atomic E-state index is -0.435. The minimum Gasteiger partial charge on any atom is -0.460 e. The molecule has 26 heavy (non-hydrogen) atoms. The number of para-hydroxylation sites is 1. The van der Waals surface area contributed by atoms with Gasteiger partial charge < -0.3 is 9.15 Å². The lowest BCUT2D eigenvalue weighted by Crippen LogP contribution is -2.09. The number of esters is 1. The highest BCUT2D eigenvalue weighted by molar-refractivity contribution is 7.98. The number of hydrogen-bond acceptors (Lipinski definition) is 7. The number of hydrogen-bond donors (Lipinski definition) is 0. The number of ether oxygens (including phenoxy) is 1. The first-order valence-corrected chi connectivity index (χ1v) is 9.84. The zero-order chi connectivity index (χ0) is 17.9. The molecule has 0 spiro atoms. The van der Waals surface area contributed by atoms with E-state index < -0.39 is 5.97 Å². The molecule has 2 heterocycles. The second-order valence-electron chi connectivity index (χ2n) is 6.26. The van der Waals surface area contributed by atoms with Gasteiger partial charge in [0.2, 0.25) is 10.9 Å². The van der Waals surface area contributed by atoms with Crippen LogP contribution in [0.4, 0.5) is 0 Å². The Morgan fingerprint density at radius 1 is 1.35 bits per heavy atom. The van der Waals surface area contributed by atoms with Crippen LogP contribution in [0.25, 0.3) is 11.0 Å². The van der Waals surface area contributed by atoms with Crippen molar-refractivity contribution in [2.45, 2.75) is 49.6 Å². The molecule has 1 fully saturated rings. The normalized spacial score (nSPS) is 15.0. The molecule has 1 aromatic carbocycles. The third kappa shape index (κ3) is 3.21. The lowest BCUT2D eigenvalue weighted by molar-refractivity contribution is 0.0491. The molecule has 0 atom stereocenters. The molecule has 136 valence electrons. The quantitative estimate of drug-likeness (QED) is 0.477. The van der Waals surface area contributed by atoms with E-state index in [-0.39, 0.29) is 5.76 Å². The second kappa shape index (κ2) is 7.49. The van der Waals surface area contributed by atoms with Gasteiger partial charge in [-0.25, -0.2) is 9.48 Å². The third-order valence-electron chi connectivity index (χ3n) is 4.64. The van der Waals surface area contributed by atoms with Crippen molar-refractivity contribution in [1.29, 1.82) is 0 Å². The van der Waals surface area contributed by atoms with E-state index in [0.717, 1.165) is 28.9 Å². The van der Waals surface area contributed by atoms with Gasteiger partial charge in [-0.2, -0.15) is 0 Å². The maximum absolute atomic E-state index is 12.3. The molecule has 0 saturated heterocycles. The molecule has 0 bridgehead atoms. The van der Waals surface area contributed by atoms with Crippen molar-refractivity contribution in [3.63, 3.8) is 0 Å². The van der Waals surface area contributed by atoms with Crippen LogP contribution in [0.1, 0.15) is 54.8 Å². The second-order valence-corrected chi connectivity index (χ2v) is 7.20. The molecular formula is C18H20N4O3S. The topological polar surface area (TPSA) is 83.0 Å². The Labute approximate surface area is 155 Å². The van der Waals surface area contributed by atoms with Gasteiger partial charge in [-0.1, -0.05) is 42.8 Å². The molecule has 1 aliphatic rings. The summed E-state index contributed by atoms with van der Waals surface area (Å²) in [6.45, 7) is 2.09. The molecule has 2 aromatic heterocycles. The number of carbonyl (C=O) groups excluding carboxylic acids is 1. The third-order valence-corrected chi connectivity index (χ3v) is 5.60. The molecule has 8 heteroatoms. The molecule has 0 radical (unpaired) electrons. The number of fused-ring (bicyclic) bond motifs is 1. The van der Waals surface area contributed by atoms with E-state index in [1.807, 2.05) is 28.9 Å². The highest BCUT2D eigenvalue weighted by atomic mass is 32.2. The van der Waals surface area contributed by atoms with Gasteiger partial charge in [0.1, 0.15) is 5.58 Å². The predicted molar refractivity (Wildman–Crippen MR) is 97.1 cm³/mol. The van der Waals surface area contributed by atoms with Gasteiger partial charge in [0.05, 0.1) is 12.6 Å². The van der Waals surface area contributed by atoms with Crippen molar-refractivity contribution in [2.75, 3.05) is 6.61 Å². The standard InChI is InChI=1S/C18H20N4O3S/c1-2-24-17(23)16-14(13-9-5-6-10-15(13)25-16)11-26-18-19-20-21-22(18)12-7-3-4-8-12/h5-6,9-10,12H,2-4,7-8,11H2,1H3. The molecule has 1 aliphatic carbocycles. The van der Waals surface area contributed by atoms with Crippen LogP contribution in [0.2, 0.25) is 0 Å². The van der Waals surface area contributed by atoms with Gasteiger partial charge in [-0.3, -0.25) is 0 Å². The number of carbonyl (C=O) groups is 1. The van der Waals surface area contributed by atoms with Crippen LogP contribution in [-0.2, 0) is 10.5 Å². The van der Waals surface area contributed by atoms with Gasteiger partial charge in [-0.15, -0.1) is 5.10 Å². The van der Waals surface area contributed by atoms with E-state index in [1.54, 1.807) is 6.92 Å². The van der Waals surface area contributed by atoms with Gasteiger partial charge in [0.25, 0.3) is 0 Å². The van der Waals surface area contributed by atoms with Gasteiger partial charge in [0.15, 0.2) is 0 Å². The van der Waals surface area contributed by atoms with Crippen LogP contribution >= 0.6 is 11.8 Å². The summed E-state index contributed by atoms with van der Waals surface area (Å²) in [5, 5.41) is 13.9. The van der Waals surface area contributed by atoms with Gasteiger partial charge >= 0.3 is 5.97 Å². The Hall–Kier alpha value is -2.35. The maximum Gasteiger partial charge on any atom is 0.374 e. The Kier molecular flexibility index (Phi) is 4.92. The first-order chi connectivity index (χ1) is 12.8. The molecule has 0 aliphatic heterocycles. The van der Waals surface area contributed by atoms with Crippen LogP contribution in [0.5, 0.6) is 0 Å². The highest BCUT2D eigenvalue weighted by Gasteiger charge is 2.25. The molecule has 0 amide bonds. The molecule has 0 unspecified atom stereocenters. The van der Waals surface area contributed by atoms with Crippen molar-refractivity contribution in [3.8, 4) is 0 Å². The summed E-state index contributed by atoms with van der Waals surface area (Å²) in [4.78, 5) is 12.3. The van der Waals surface area contributed by atoms with Crippen LogP contribution in [-0.4, -0.2) is 32.8 Å². The lowest BCUT2D eigenvalue weighted by atomic mass is 10.1. The van der Waals surface area contributed by atoms with E-state index in [4.69, 9.17) is 9.15 Å². The fourth-order valence-electron chi connectivity index (χ4n) is 3.40. The number of nitrogens with zero attached hydrogens (tertiary/aromatic N) is 4. The zero-order valence-electron chi connectivity index (χ0n) is 14.6. The van der Waals surface area contributed by atoms with E-state index in [1.165, 1.54) is 24.6 Å². The Bertz CT molecular complexity index is 914. The number of aromatic nitrogens is 4. The van der Waals surface area contributed by atoms with Crippen LogP contribution in [0.15, 0.2) is 33.8 Å². The average Bonchev–Trinajstić information content (AvgIpc) is 3.38. The maximum atomic E-state index is 12.3. The van der Waals surface area contributed by atoms with Gasteiger partial charge in [0, 0.05) is 16.7 Å². The first-order valence-electron chi connectivity index (χ1n) is 8.86. The lowest BCUT2D eigenvalue weighted by Gasteiger charge is -2.10. The molecule has 1 saturated carbocycles. The average molecular weight is 372 g/mol. The molecule has 7 nitrogen and oxygen atoms in total. The van der Waals surface area contributed by atoms with Crippen LogP contribution < -0.4 is 0 Å². The summed E-state index contributed by atoms with van der Waals surface area (Å²) in [7, 11) is 0. The van der Waals surface area contributed by atoms with E-state index in [9.17, 15) is 4.79 Å². The monoisotopic (exact) mass is 372 g/mol. The van der Waals surface area contributed by atoms with Gasteiger partial charge in [-0.05, 0) is 36.3 Å². The molecule has 0 N–H and O–H groups in total. The minimum absolute atomic E-state index is 0.264. The summed E-state index contributed by atoms with van der Waals surface area (Å²) >= 11 is 1.52. The fraction of sp³-hybridized carbons (Fsp3) is 0.444. The SMILES string of the molecule is CCOC(=O)c1oc2ccccc2c1CSc1nnnn1C1CCCC1. The van der Waals surface area contributed by atoms with E-state index >= 15 is 0 Å². The number of benzene rings is 1. The Balaban J connectivity index is 1.62. The number of furan rings is 1. The summed E-state index contributed by atoms with van der Waals surface area (Å²) in [6, 6.07) is 8.01. The highest BCUT2D eigenvalue weighted by Crippen LogP contribution is 2.35. The summed E-state index contributed by atoms with van der Waals surface area (Å²) in [5.41, 5.74) is 1.51. The Morgan fingerprint density at radius 3 is 2.96 bits per heavy atom. The summed E-state index contributed by atoms with van der Waals surface area (Å²) in [5.74, 6) is 0.369. The van der Waals surface area contributed by atoms with Crippen molar-refractivity contribution >= 4 is 28.7 Å². The fourth-order valence-corrected chi connectivity index (χ4v) is 4.37.